The van der Waals surface area contributed by atoms with E-state index in [-0.39, 0.29) is 23.1 Å². The van der Waals surface area contributed by atoms with Gasteiger partial charge in [-0.2, -0.15) is 0 Å². The summed E-state index contributed by atoms with van der Waals surface area (Å²) in [5, 5.41) is 14.4. The van der Waals surface area contributed by atoms with Crippen molar-refractivity contribution in [2.75, 3.05) is 16.4 Å². The lowest BCUT2D eigenvalue weighted by Crippen LogP contribution is -2.14. The molecule has 0 heterocycles. The second-order valence-corrected chi connectivity index (χ2v) is 6.59. The fraction of sp³-hybridized carbons (Fsp3) is 0.211. The van der Waals surface area contributed by atoms with Crippen LogP contribution in [-0.4, -0.2) is 28.6 Å². The number of amides is 2. The van der Waals surface area contributed by atoms with E-state index in [1.807, 2.05) is 31.2 Å². The average molecular weight is 372 g/mol. The number of anilines is 2. The van der Waals surface area contributed by atoms with E-state index < -0.39 is 5.97 Å². The SMILES string of the molecule is CCCC(=O)Nc1cccc(SCC(=O)Nc2ccc(C(=O)O)cc2)c1. The highest BCUT2D eigenvalue weighted by Gasteiger charge is 2.07. The molecule has 0 aliphatic carbocycles. The van der Waals surface area contributed by atoms with Gasteiger partial charge < -0.3 is 15.7 Å². The maximum absolute atomic E-state index is 12.0. The summed E-state index contributed by atoms with van der Waals surface area (Å²) in [6.45, 7) is 1.94. The van der Waals surface area contributed by atoms with Gasteiger partial charge in [0.05, 0.1) is 11.3 Å². The van der Waals surface area contributed by atoms with Crippen LogP contribution in [0.3, 0.4) is 0 Å². The van der Waals surface area contributed by atoms with Gasteiger partial charge >= 0.3 is 5.97 Å². The lowest BCUT2D eigenvalue weighted by atomic mass is 10.2. The molecule has 0 radical (unpaired) electrons. The van der Waals surface area contributed by atoms with Crippen LogP contribution in [0.1, 0.15) is 30.1 Å². The Morgan fingerprint density at radius 3 is 2.31 bits per heavy atom. The van der Waals surface area contributed by atoms with Gasteiger partial charge in [-0.1, -0.05) is 13.0 Å². The number of carbonyl (C=O) groups excluding carboxylic acids is 2. The highest BCUT2D eigenvalue weighted by atomic mass is 32.2. The molecule has 26 heavy (non-hydrogen) atoms. The molecule has 2 amide bonds. The molecule has 0 fully saturated rings. The zero-order valence-corrected chi connectivity index (χ0v) is 15.1. The lowest BCUT2D eigenvalue weighted by molar-refractivity contribution is -0.116. The third-order valence-corrected chi connectivity index (χ3v) is 4.37. The molecular weight excluding hydrogens is 352 g/mol. The van der Waals surface area contributed by atoms with Crippen molar-refractivity contribution in [3.05, 3.63) is 54.1 Å². The van der Waals surface area contributed by atoms with Crippen molar-refractivity contribution in [3.8, 4) is 0 Å². The molecule has 0 aliphatic rings. The van der Waals surface area contributed by atoms with Crippen molar-refractivity contribution in [2.24, 2.45) is 0 Å². The number of rotatable bonds is 8. The summed E-state index contributed by atoms with van der Waals surface area (Å²) in [4.78, 5) is 35.4. The minimum absolute atomic E-state index is 0.0304. The van der Waals surface area contributed by atoms with Gasteiger partial charge in [-0.15, -0.1) is 11.8 Å². The second-order valence-electron chi connectivity index (χ2n) is 5.55. The minimum Gasteiger partial charge on any atom is -0.478 e. The van der Waals surface area contributed by atoms with Crippen molar-refractivity contribution in [2.45, 2.75) is 24.7 Å². The summed E-state index contributed by atoms with van der Waals surface area (Å²) in [5.41, 5.74) is 1.42. The number of hydrogen-bond acceptors (Lipinski definition) is 4. The van der Waals surface area contributed by atoms with Gasteiger partial charge in [0.15, 0.2) is 0 Å². The summed E-state index contributed by atoms with van der Waals surface area (Å²) in [6.07, 6.45) is 1.26. The standard InChI is InChI=1S/C19H20N2O4S/c1-2-4-17(22)21-15-5-3-6-16(11-15)26-12-18(23)20-14-9-7-13(8-10-14)19(24)25/h3,5-11H,2,4,12H2,1H3,(H,20,23)(H,21,22)(H,24,25). The molecule has 2 rings (SSSR count). The van der Waals surface area contributed by atoms with E-state index in [2.05, 4.69) is 10.6 Å². The fourth-order valence-electron chi connectivity index (χ4n) is 2.16. The first kappa shape index (κ1) is 19.5. The predicted octanol–water partition coefficient (Wildman–Crippen LogP) is 3.85. The molecule has 7 heteroatoms. The quantitative estimate of drug-likeness (QED) is 0.612. The molecule has 2 aromatic carbocycles. The summed E-state index contributed by atoms with van der Waals surface area (Å²) in [6, 6.07) is 13.3. The van der Waals surface area contributed by atoms with E-state index in [0.29, 0.717) is 17.8 Å². The van der Waals surface area contributed by atoms with Crippen LogP contribution >= 0.6 is 11.8 Å². The largest absolute Gasteiger partial charge is 0.478 e. The van der Waals surface area contributed by atoms with Crippen LogP contribution in [0.25, 0.3) is 0 Å². The van der Waals surface area contributed by atoms with Crippen molar-refractivity contribution < 1.29 is 19.5 Å². The number of carboxylic acids is 1. The van der Waals surface area contributed by atoms with E-state index in [4.69, 9.17) is 5.11 Å². The Bertz CT molecular complexity index is 790. The third kappa shape index (κ3) is 6.25. The first-order chi connectivity index (χ1) is 12.5. The number of nitrogens with one attached hydrogen (secondary N) is 2. The average Bonchev–Trinajstić information content (AvgIpc) is 2.61. The number of hydrogen-bond donors (Lipinski definition) is 3. The van der Waals surface area contributed by atoms with Crippen molar-refractivity contribution in [3.63, 3.8) is 0 Å². The molecule has 0 spiro atoms. The Hall–Kier alpha value is -2.80. The van der Waals surface area contributed by atoms with Crippen LogP contribution in [-0.2, 0) is 9.59 Å². The van der Waals surface area contributed by atoms with Crippen LogP contribution in [0, 0.1) is 0 Å². The van der Waals surface area contributed by atoms with Crippen LogP contribution in [0.15, 0.2) is 53.4 Å². The molecule has 2 aromatic rings. The van der Waals surface area contributed by atoms with Crippen LogP contribution in [0.5, 0.6) is 0 Å². The van der Waals surface area contributed by atoms with E-state index in [1.165, 1.54) is 23.9 Å². The maximum atomic E-state index is 12.0. The number of benzene rings is 2. The lowest BCUT2D eigenvalue weighted by Gasteiger charge is -2.08. The topological polar surface area (TPSA) is 95.5 Å². The van der Waals surface area contributed by atoms with E-state index in [9.17, 15) is 14.4 Å². The highest BCUT2D eigenvalue weighted by Crippen LogP contribution is 2.22. The Morgan fingerprint density at radius 2 is 1.65 bits per heavy atom. The van der Waals surface area contributed by atoms with E-state index in [0.717, 1.165) is 11.3 Å². The zero-order valence-electron chi connectivity index (χ0n) is 14.3. The maximum Gasteiger partial charge on any atom is 0.335 e. The molecule has 0 aromatic heterocycles. The first-order valence-corrected chi connectivity index (χ1v) is 9.12. The van der Waals surface area contributed by atoms with Crippen LogP contribution in [0.4, 0.5) is 11.4 Å². The molecule has 136 valence electrons. The second kappa shape index (κ2) is 9.62. The monoisotopic (exact) mass is 372 g/mol. The first-order valence-electron chi connectivity index (χ1n) is 8.14. The molecular formula is C19H20N2O4S. The van der Waals surface area contributed by atoms with Crippen LogP contribution in [0.2, 0.25) is 0 Å². The molecule has 0 saturated carbocycles. The fourth-order valence-corrected chi connectivity index (χ4v) is 2.91. The molecule has 0 saturated heterocycles. The van der Waals surface area contributed by atoms with Crippen molar-refractivity contribution in [1.29, 1.82) is 0 Å². The summed E-state index contributed by atoms with van der Waals surface area (Å²) >= 11 is 1.35. The number of carbonyl (C=O) groups is 3. The van der Waals surface area contributed by atoms with E-state index in [1.54, 1.807) is 12.1 Å². The molecule has 0 unspecified atom stereocenters. The smallest absolute Gasteiger partial charge is 0.335 e. The normalized spacial score (nSPS) is 10.2. The molecule has 0 atom stereocenters. The molecule has 0 bridgehead atoms. The molecule has 6 nitrogen and oxygen atoms in total. The van der Waals surface area contributed by atoms with Gasteiger partial charge in [0.2, 0.25) is 11.8 Å². The van der Waals surface area contributed by atoms with Crippen LogP contribution < -0.4 is 10.6 Å². The molecule has 3 N–H and O–H groups in total. The number of aromatic carboxylic acids is 1. The van der Waals surface area contributed by atoms with Gasteiger partial charge in [0, 0.05) is 22.7 Å². The summed E-state index contributed by atoms with van der Waals surface area (Å²) < 4.78 is 0. The van der Waals surface area contributed by atoms with Crippen molar-refractivity contribution >= 4 is 40.9 Å². The van der Waals surface area contributed by atoms with E-state index >= 15 is 0 Å². The van der Waals surface area contributed by atoms with Crippen molar-refractivity contribution in [1.82, 2.24) is 0 Å². The minimum atomic E-state index is -1.01. The summed E-state index contributed by atoms with van der Waals surface area (Å²) in [7, 11) is 0. The van der Waals surface area contributed by atoms with Gasteiger partial charge in [-0.3, -0.25) is 9.59 Å². The van der Waals surface area contributed by atoms with Gasteiger partial charge in [-0.25, -0.2) is 4.79 Å². The Balaban J connectivity index is 1.86. The zero-order chi connectivity index (χ0) is 18.9. The van der Waals surface area contributed by atoms with Gasteiger partial charge in [0.25, 0.3) is 0 Å². The Morgan fingerprint density at radius 1 is 0.962 bits per heavy atom. The number of thioether (sulfide) groups is 1. The van der Waals surface area contributed by atoms with Gasteiger partial charge in [0.1, 0.15) is 0 Å². The van der Waals surface area contributed by atoms with Gasteiger partial charge in [-0.05, 0) is 48.9 Å². The predicted molar refractivity (Wildman–Crippen MR) is 103 cm³/mol. The molecule has 0 aliphatic heterocycles. The number of carboxylic acid groups (broad SMARTS) is 1. The third-order valence-electron chi connectivity index (χ3n) is 3.38. The highest BCUT2D eigenvalue weighted by molar-refractivity contribution is 8.00. The Labute approximate surface area is 156 Å². The Kier molecular flexibility index (Phi) is 7.23. The summed E-state index contributed by atoms with van der Waals surface area (Å²) in [5.74, 6) is -1.03.